The van der Waals surface area contributed by atoms with Crippen LogP contribution in [0.25, 0.3) is 0 Å². The molecule has 0 radical (unpaired) electrons. The maximum absolute atomic E-state index is 11.7. The van der Waals surface area contributed by atoms with E-state index in [1.54, 1.807) is 22.6 Å². The second kappa shape index (κ2) is 6.22. The molecule has 0 spiro atoms. The summed E-state index contributed by atoms with van der Waals surface area (Å²) in [5, 5.41) is 20.2. The van der Waals surface area contributed by atoms with Crippen LogP contribution >= 0.6 is 22.6 Å². The van der Waals surface area contributed by atoms with E-state index in [0.29, 0.717) is 6.29 Å². The Bertz CT molecular complexity index is 666. The summed E-state index contributed by atoms with van der Waals surface area (Å²) < 4.78 is 5.57. The van der Waals surface area contributed by atoms with Crippen LogP contribution in [-0.4, -0.2) is 41.9 Å². The largest absolute Gasteiger partial charge is 0.383 e. The topological polar surface area (TPSA) is 122 Å². The fraction of sp³-hybridized carbons (Fsp3) is 0.417. The van der Waals surface area contributed by atoms with E-state index in [-0.39, 0.29) is 6.42 Å². The van der Waals surface area contributed by atoms with Crippen LogP contribution in [0.1, 0.15) is 12.6 Å². The number of carbonyl (C=O) groups is 1. The van der Waals surface area contributed by atoms with Gasteiger partial charge in [-0.3, -0.25) is 19.1 Å². The molecule has 1 saturated heterocycles. The van der Waals surface area contributed by atoms with Gasteiger partial charge in [-0.15, -0.1) is 0 Å². The third-order valence-corrected chi connectivity index (χ3v) is 3.83. The quantitative estimate of drug-likeness (QED) is 0.256. The molecule has 0 bridgehead atoms. The molecule has 0 amide bonds. The summed E-state index contributed by atoms with van der Waals surface area (Å²) in [6, 6.07) is 1.15. The highest BCUT2D eigenvalue weighted by atomic mass is 127. The predicted octanol–water partition coefficient (Wildman–Crippen LogP) is -0.936. The number of aromatic nitrogens is 2. The fourth-order valence-electron chi connectivity index (χ4n) is 2.22. The molecule has 1 aliphatic heterocycles. The van der Waals surface area contributed by atoms with Crippen LogP contribution in [0.4, 0.5) is 0 Å². The van der Waals surface area contributed by atoms with Crippen molar-refractivity contribution in [3.8, 4) is 0 Å². The summed E-state index contributed by atoms with van der Waals surface area (Å²) in [5.74, 6) is 0. The Morgan fingerprint density at radius 3 is 2.86 bits per heavy atom. The number of rotatable bonds is 4. The minimum atomic E-state index is -1.60. The molecule has 3 N–H and O–H groups in total. The summed E-state index contributed by atoms with van der Waals surface area (Å²) in [4.78, 5) is 35.3. The average molecular weight is 408 g/mol. The maximum Gasteiger partial charge on any atom is 0.330 e. The second-order valence-corrected chi connectivity index (χ2v) is 5.87. The van der Waals surface area contributed by atoms with Gasteiger partial charge < -0.3 is 14.9 Å². The Hall–Kier alpha value is -1.30. The van der Waals surface area contributed by atoms with Crippen molar-refractivity contribution in [3.05, 3.63) is 45.3 Å². The molecule has 1 aromatic heterocycles. The number of halogens is 1. The first-order valence-corrected chi connectivity index (χ1v) is 7.26. The molecular weight excluding hydrogens is 395 g/mol. The summed E-state index contributed by atoms with van der Waals surface area (Å²) in [5.41, 5.74) is -2.82. The number of nitrogens with zero attached hydrogens (tertiary/aromatic N) is 1. The Morgan fingerprint density at radius 1 is 1.57 bits per heavy atom. The van der Waals surface area contributed by atoms with Gasteiger partial charge >= 0.3 is 5.69 Å². The lowest BCUT2D eigenvalue weighted by molar-refractivity contribution is -0.104. The molecule has 1 aliphatic rings. The van der Waals surface area contributed by atoms with Gasteiger partial charge in [0, 0.05) is 18.7 Å². The number of aliphatic hydroxyl groups excluding tert-OH is 1. The van der Waals surface area contributed by atoms with Gasteiger partial charge in [-0.1, -0.05) is 0 Å². The van der Waals surface area contributed by atoms with E-state index < -0.39 is 33.3 Å². The van der Waals surface area contributed by atoms with Crippen molar-refractivity contribution in [2.45, 2.75) is 28.5 Å². The highest BCUT2D eigenvalue weighted by molar-refractivity contribution is 14.1. The minimum absolute atomic E-state index is 0.0476. The number of aldehydes is 1. The molecule has 0 aliphatic carbocycles. The molecule has 1 aromatic rings. The van der Waals surface area contributed by atoms with Crippen molar-refractivity contribution >= 4 is 28.9 Å². The first-order valence-electron chi connectivity index (χ1n) is 6.02. The van der Waals surface area contributed by atoms with Crippen molar-refractivity contribution < 1.29 is 19.7 Å². The van der Waals surface area contributed by atoms with Gasteiger partial charge in [-0.25, -0.2) is 4.79 Å². The summed E-state index contributed by atoms with van der Waals surface area (Å²) >= 11 is 1.67. The molecule has 0 saturated carbocycles. The monoisotopic (exact) mass is 408 g/mol. The number of allylic oxidation sites excluding steroid dienone is 1. The molecular formula is C12H13IN2O6. The van der Waals surface area contributed by atoms with Crippen LogP contribution in [0.15, 0.2) is 34.0 Å². The molecule has 0 aromatic carbocycles. The molecule has 9 heteroatoms. The molecule has 114 valence electrons. The van der Waals surface area contributed by atoms with Gasteiger partial charge in [0.2, 0.25) is 0 Å². The average Bonchev–Trinajstić information content (AvgIpc) is 2.75. The number of hydrogen-bond donors (Lipinski definition) is 3. The molecule has 2 heterocycles. The first kappa shape index (κ1) is 16.1. The lowest BCUT2D eigenvalue weighted by Crippen LogP contribution is -2.41. The summed E-state index contributed by atoms with van der Waals surface area (Å²) in [6.45, 7) is 0. The van der Waals surface area contributed by atoms with E-state index in [2.05, 4.69) is 4.98 Å². The lowest BCUT2D eigenvalue weighted by Gasteiger charge is -2.25. The highest BCUT2D eigenvalue weighted by Gasteiger charge is 2.49. The third kappa shape index (κ3) is 3.31. The van der Waals surface area contributed by atoms with E-state index in [1.165, 1.54) is 12.3 Å². The van der Waals surface area contributed by atoms with Crippen LogP contribution in [0.2, 0.25) is 0 Å². The van der Waals surface area contributed by atoms with Gasteiger partial charge in [0.1, 0.15) is 28.3 Å². The number of aromatic amines is 1. The Labute approximate surface area is 132 Å². The standard InChI is InChI=1S/C12H13IN2O6/c13-10(18)9-12(20,3-1-5-16)6-8(21-9)15-4-2-7(17)14-11(15)19/h1-5,8-10,18,20H,6H2,(H,14,17,19)/t8-,9-,10?,12-/m1/s1. The molecule has 2 rings (SSSR count). The van der Waals surface area contributed by atoms with Crippen molar-refractivity contribution in [2.24, 2.45) is 0 Å². The molecule has 21 heavy (non-hydrogen) atoms. The minimum Gasteiger partial charge on any atom is -0.383 e. The molecule has 1 unspecified atom stereocenters. The van der Waals surface area contributed by atoms with Crippen LogP contribution in [0.3, 0.4) is 0 Å². The normalized spacial score (nSPS) is 30.6. The molecule has 1 fully saturated rings. The third-order valence-electron chi connectivity index (χ3n) is 3.17. The number of alkyl halides is 1. The zero-order valence-electron chi connectivity index (χ0n) is 10.7. The summed E-state index contributed by atoms with van der Waals surface area (Å²) in [6.07, 6.45) is 2.14. The van der Waals surface area contributed by atoms with Crippen molar-refractivity contribution in [2.75, 3.05) is 0 Å². The number of nitrogens with one attached hydrogen (secondary N) is 1. The maximum atomic E-state index is 11.7. The van der Waals surface area contributed by atoms with Crippen molar-refractivity contribution in [1.82, 2.24) is 9.55 Å². The number of hydrogen-bond acceptors (Lipinski definition) is 6. The Morgan fingerprint density at radius 2 is 2.29 bits per heavy atom. The van der Waals surface area contributed by atoms with E-state index >= 15 is 0 Å². The van der Waals surface area contributed by atoms with Crippen LogP contribution < -0.4 is 11.2 Å². The first-order chi connectivity index (χ1) is 9.87. The van der Waals surface area contributed by atoms with Gasteiger partial charge in [0.25, 0.3) is 5.56 Å². The number of aliphatic hydroxyl groups is 2. The number of H-pyrrole nitrogens is 1. The Kier molecular flexibility index (Phi) is 4.76. The van der Waals surface area contributed by atoms with E-state index in [1.807, 2.05) is 0 Å². The van der Waals surface area contributed by atoms with Crippen molar-refractivity contribution in [1.29, 1.82) is 0 Å². The predicted molar refractivity (Wildman–Crippen MR) is 80.0 cm³/mol. The zero-order valence-corrected chi connectivity index (χ0v) is 12.8. The SMILES string of the molecule is O=CC=C[C@@]1(O)C[C@H](n2ccc(=O)[nH]c2=O)O[C@@H]1C(O)I. The van der Waals surface area contributed by atoms with Gasteiger partial charge in [0.05, 0.1) is 0 Å². The van der Waals surface area contributed by atoms with Crippen LogP contribution in [0, 0.1) is 0 Å². The Balaban J connectivity index is 2.37. The molecule has 4 atom stereocenters. The molecule has 8 nitrogen and oxygen atoms in total. The highest BCUT2D eigenvalue weighted by Crippen LogP contribution is 2.39. The number of ether oxygens (including phenoxy) is 1. The van der Waals surface area contributed by atoms with E-state index in [0.717, 1.165) is 16.7 Å². The fourth-order valence-corrected chi connectivity index (χ4v) is 3.01. The van der Waals surface area contributed by atoms with E-state index in [4.69, 9.17) is 4.74 Å². The summed E-state index contributed by atoms with van der Waals surface area (Å²) in [7, 11) is 0. The smallest absolute Gasteiger partial charge is 0.330 e. The van der Waals surface area contributed by atoms with Crippen LogP contribution in [-0.2, 0) is 9.53 Å². The van der Waals surface area contributed by atoms with Gasteiger partial charge in [0.15, 0.2) is 0 Å². The number of carbonyl (C=O) groups excluding carboxylic acids is 1. The van der Waals surface area contributed by atoms with Crippen LogP contribution in [0.5, 0.6) is 0 Å². The van der Waals surface area contributed by atoms with Crippen molar-refractivity contribution in [3.63, 3.8) is 0 Å². The van der Waals surface area contributed by atoms with Gasteiger partial charge in [-0.2, -0.15) is 0 Å². The van der Waals surface area contributed by atoms with Gasteiger partial charge in [-0.05, 0) is 34.7 Å². The second-order valence-electron chi connectivity index (χ2n) is 4.59. The lowest BCUT2D eigenvalue weighted by atomic mass is 9.94. The van der Waals surface area contributed by atoms with E-state index in [9.17, 15) is 24.6 Å². The zero-order chi connectivity index (χ0) is 15.6.